The van der Waals surface area contributed by atoms with Gasteiger partial charge in [0.25, 0.3) is 0 Å². The van der Waals surface area contributed by atoms with E-state index in [9.17, 15) is 4.79 Å². The Morgan fingerprint density at radius 1 is 1.12 bits per heavy atom. The number of nitrogens with zero attached hydrogens (tertiary/aromatic N) is 5. The molecule has 126 valence electrons. The number of hydrogen-bond donors (Lipinski definition) is 1. The van der Waals surface area contributed by atoms with Gasteiger partial charge < -0.3 is 10.2 Å². The molecule has 0 bridgehead atoms. The second-order valence-corrected chi connectivity index (χ2v) is 6.73. The van der Waals surface area contributed by atoms with Crippen LogP contribution in [0.2, 0.25) is 0 Å². The summed E-state index contributed by atoms with van der Waals surface area (Å²) in [5.41, 5.74) is 1.93. The normalized spacial score (nSPS) is 23.8. The molecule has 0 spiro atoms. The van der Waals surface area contributed by atoms with E-state index in [4.69, 9.17) is 0 Å². The molecule has 24 heavy (non-hydrogen) atoms. The maximum Gasteiger partial charge on any atom is 0.226 e. The van der Waals surface area contributed by atoms with Crippen LogP contribution in [0.1, 0.15) is 18.4 Å². The second kappa shape index (κ2) is 6.68. The third-order valence-corrected chi connectivity index (χ3v) is 5.28. The molecule has 2 aliphatic rings. The summed E-state index contributed by atoms with van der Waals surface area (Å²) in [6.45, 7) is 4.02. The lowest BCUT2D eigenvalue weighted by Gasteiger charge is -2.21. The van der Waals surface area contributed by atoms with Crippen molar-refractivity contribution in [3.05, 3.63) is 36.2 Å². The van der Waals surface area contributed by atoms with Crippen LogP contribution in [0.25, 0.3) is 5.69 Å². The van der Waals surface area contributed by atoms with Crippen molar-refractivity contribution in [3.8, 4) is 5.69 Å². The number of nitrogens with one attached hydrogen (secondary N) is 1. The monoisotopic (exact) mass is 326 g/mol. The SMILES string of the molecule is O=C(Cc1ccc(-n2cnnn2)cc1)N1CC[C@@H]2CNC[C@@H]2CC1. The van der Waals surface area contributed by atoms with Gasteiger partial charge in [0.15, 0.2) is 0 Å². The molecule has 7 nitrogen and oxygen atoms in total. The summed E-state index contributed by atoms with van der Waals surface area (Å²) in [4.78, 5) is 14.7. The van der Waals surface area contributed by atoms with Gasteiger partial charge in [0.2, 0.25) is 5.91 Å². The average Bonchev–Trinajstić information content (AvgIpc) is 3.24. The van der Waals surface area contributed by atoms with Crippen molar-refractivity contribution in [1.82, 2.24) is 30.4 Å². The highest BCUT2D eigenvalue weighted by atomic mass is 16.2. The Bertz CT molecular complexity index is 670. The Labute approximate surface area is 141 Å². The van der Waals surface area contributed by atoms with Crippen LogP contribution in [0, 0.1) is 11.8 Å². The van der Waals surface area contributed by atoms with Gasteiger partial charge in [-0.25, -0.2) is 4.68 Å². The Hall–Kier alpha value is -2.28. The fourth-order valence-corrected chi connectivity index (χ4v) is 3.80. The number of carbonyl (C=O) groups is 1. The van der Waals surface area contributed by atoms with Crippen molar-refractivity contribution in [2.45, 2.75) is 19.3 Å². The standard InChI is InChI=1S/C17H22N6O/c24-17(22-7-5-14-10-18-11-15(14)6-8-22)9-13-1-3-16(4-2-13)23-12-19-20-21-23/h1-4,12,14-15,18H,5-11H2/t14-,15+. The summed E-state index contributed by atoms with van der Waals surface area (Å²) in [7, 11) is 0. The molecule has 0 unspecified atom stereocenters. The minimum atomic E-state index is 0.234. The summed E-state index contributed by atoms with van der Waals surface area (Å²) >= 11 is 0. The van der Waals surface area contributed by atoms with Gasteiger partial charge in [-0.1, -0.05) is 12.1 Å². The summed E-state index contributed by atoms with van der Waals surface area (Å²) in [6, 6.07) is 7.84. The zero-order chi connectivity index (χ0) is 16.4. The van der Waals surface area contributed by atoms with Crippen LogP contribution >= 0.6 is 0 Å². The minimum absolute atomic E-state index is 0.234. The Morgan fingerprint density at radius 3 is 2.46 bits per heavy atom. The van der Waals surface area contributed by atoms with Gasteiger partial charge in [0.05, 0.1) is 12.1 Å². The molecule has 2 aliphatic heterocycles. The van der Waals surface area contributed by atoms with Gasteiger partial charge in [-0.3, -0.25) is 4.79 Å². The second-order valence-electron chi connectivity index (χ2n) is 6.73. The predicted molar refractivity (Wildman–Crippen MR) is 88.5 cm³/mol. The highest BCUT2D eigenvalue weighted by Crippen LogP contribution is 2.27. The molecule has 1 aromatic carbocycles. The molecule has 1 aromatic heterocycles. The van der Waals surface area contributed by atoms with Crippen molar-refractivity contribution >= 4 is 5.91 Å². The third kappa shape index (κ3) is 3.17. The lowest BCUT2D eigenvalue weighted by atomic mass is 9.92. The lowest BCUT2D eigenvalue weighted by Crippen LogP contribution is -2.33. The van der Waals surface area contributed by atoms with Crippen LogP contribution in [-0.2, 0) is 11.2 Å². The summed E-state index contributed by atoms with van der Waals surface area (Å²) in [5.74, 6) is 1.73. The lowest BCUT2D eigenvalue weighted by molar-refractivity contribution is -0.130. The largest absolute Gasteiger partial charge is 0.342 e. The van der Waals surface area contributed by atoms with Crippen molar-refractivity contribution < 1.29 is 4.79 Å². The van der Waals surface area contributed by atoms with Crippen molar-refractivity contribution in [2.24, 2.45) is 11.8 Å². The van der Waals surface area contributed by atoms with Gasteiger partial charge >= 0.3 is 0 Å². The number of hydrogen-bond acceptors (Lipinski definition) is 5. The number of carbonyl (C=O) groups excluding carboxylic acids is 1. The zero-order valence-corrected chi connectivity index (χ0v) is 13.6. The number of tetrazole rings is 1. The van der Waals surface area contributed by atoms with Crippen LogP contribution in [0.3, 0.4) is 0 Å². The topological polar surface area (TPSA) is 75.9 Å². The molecule has 1 N–H and O–H groups in total. The highest BCUT2D eigenvalue weighted by Gasteiger charge is 2.31. The predicted octanol–water partition coefficient (Wildman–Crippen LogP) is 0.663. The first kappa shape index (κ1) is 15.3. The molecule has 2 fully saturated rings. The maximum atomic E-state index is 12.6. The Morgan fingerprint density at radius 2 is 1.83 bits per heavy atom. The van der Waals surface area contributed by atoms with E-state index in [-0.39, 0.29) is 5.91 Å². The molecule has 0 aliphatic carbocycles. The quantitative estimate of drug-likeness (QED) is 0.897. The van der Waals surface area contributed by atoms with Crippen molar-refractivity contribution in [1.29, 1.82) is 0 Å². The van der Waals surface area contributed by atoms with E-state index >= 15 is 0 Å². The van der Waals surface area contributed by atoms with E-state index < -0.39 is 0 Å². The van der Waals surface area contributed by atoms with Gasteiger partial charge in [-0.15, -0.1) is 5.10 Å². The maximum absolute atomic E-state index is 12.6. The first-order chi connectivity index (χ1) is 11.8. The molecular weight excluding hydrogens is 304 g/mol. The molecule has 3 heterocycles. The van der Waals surface area contributed by atoms with Crippen molar-refractivity contribution in [2.75, 3.05) is 26.2 Å². The molecule has 0 saturated carbocycles. The summed E-state index contributed by atoms with van der Waals surface area (Å²) < 4.78 is 1.60. The number of benzene rings is 1. The van der Waals surface area contributed by atoms with Crippen LogP contribution in [0.15, 0.2) is 30.6 Å². The van der Waals surface area contributed by atoms with Gasteiger partial charge in [-0.2, -0.15) is 0 Å². The Balaban J connectivity index is 1.37. The molecule has 0 radical (unpaired) electrons. The number of amides is 1. The number of rotatable bonds is 3. The first-order valence-corrected chi connectivity index (χ1v) is 8.60. The van der Waals surface area contributed by atoms with E-state index in [2.05, 4.69) is 20.8 Å². The van der Waals surface area contributed by atoms with Crippen LogP contribution < -0.4 is 5.32 Å². The molecule has 2 saturated heterocycles. The van der Waals surface area contributed by atoms with E-state index in [0.717, 1.165) is 62.1 Å². The van der Waals surface area contributed by atoms with E-state index in [1.165, 1.54) is 0 Å². The van der Waals surface area contributed by atoms with Crippen LogP contribution in [-0.4, -0.2) is 57.2 Å². The number of fused-ring (bicyclic) bond motifs is 1. The van der Waals surface area contributed by atoms with Gasteiger partial charge in [0.1, 0.15) is 6.33 Å². The van der Waals surface area contributed by atoms with Crippen LogP contribution in [0.5, 0.6) is 0 Å². The van der Waals surface area contributed by atoms with Gasteiger partial charge in [0, 0.05) is 13.1 Å². The highest BCUT2D eigenvalue weighted by molar-refractivity contribution is 5.78. The summed E-state index contributed by atoms with van der Waals surface area (Å²) in [6.07, 6.45) is 4.27. The van der Waals surface area contributed by atoms with Crippen LogP contribution in [0.4, 0.5) is 0 Å². The smallest absolute Gasteiger partial charge is 0.226 e. The van der Waals surface area contributed by atoms with Crippen molar-refractivity contribution in [3.63, 3.8) is 0 Å². The molecule has 2 atom stereocenters. The van der Waals surface area contributed by atoms with E-state index in [1.807, 2.05) is 29.2 Å². The number of likely N-dealkylation sites (tertiary alicyclic amines) is 1. The van der Waals surface area contributed by atoms with E-state index in [1.54, 1.807) is 11.0 Å². The first-order valence-electron chi connectivity index (χ1n) is 8.60. The zero-order valence-electron chi connectivity index (χ0n) is 13.6. The molecular formula is C17H22N6O. The molecule has 4 rings (SSSR count). The van der Waals surface area contributed by atoms with E-state index in [0.29, 0.717) is 6.42 Å². The molecule has 2 aromatic rings. The molecule has 1 amide bonds. The minimum Gasteiger partial charge on any atom is -0.342 e. The fraction of sp³-hybridized carbons (Fsp3) is 0.529. The fourth-order valence-electron chi connectivity index (χ4n) is 3.80. The van der Waals surface area contributed by atoms with Gasteiger partial charge in [-0.05, 0) is 65.9 Å². The Kier molecular flexibility index (Phi) is 4.25. The number of aromatic nitrogens is 4. The molecule has 7 heteroatoms. The third-order valence-electron chi connectivity index (χ3n) is 5.28. The average molecular weight is 326 g/mol. The summed E-state index contributed by atoms with van der Waals surface area (Å²) in [5, 5.41) is 14.6.